The smallest absolute Gasteiger partial charge is 0.436 e. The number of hydrogen-bond acceptors (Lipinski definition) is 5. The number of alkyl halides is 3. The van der Waals surface area contributed by atoms with Gasteiger partial charge in [-0.25, -0.2) is 0 Å². The Hall–Kier alpha value is -2.36. The summed E-state index contributed by atoms with van der Waals surface area (Å²) >= 11 is 2.96. The molecule has 27 heavy (non-hydrogen) atoms. The molecule has 0 spiro atoms. The number of nitrogens with zero attached hydrogens (tertiary/aromatic N) is 4. The third-order valence-corrected chi connectivity index (χ3v) is 5.02. The largest absolute Gasteiger partial charge is 0.497 e. The normalized spacial score (nSPS) is 13.0. The van der Waals surface area contributed by atoms with E-state index in [-0.39, 0.29) is 10.4 Å². The monoisotopic (exact) mass is 444 g/mol. The van der Waals surface area contributed by atoms with Crippen molar-refractivity contribution in [1.82, 2.24) is 20.0 Å². The standard InChI is InChI=1S/C17H16BrF3N4O2/c1-9-14(18)15(17(19,20)21)24-25(9)10(2)16-23-22-13(27-16)8-11-4-6-12(26-3)7-5-11/h4-7,10H,8H2,1-3H3. The lowest BCUT2D eigenvalue weighted by Gasteiger charge is -2.10. The van der Waals surface area contributed by atoms with E-state index in [0.29, 0.717) is 18.0 Å². The molecular weight excluding hydrogens is 429 g/mol. The van der Waals surface area contributed by atoms with Crippen molar-refractivity contribution in [2.24, 2.45) is 0 Å². The molecule has 2 heterocycles. The van der Waals surface area contributed by atoms with Crippen molar-refractivity contribution in [2.75, 3.05) is 7.11 Å². The summed E-state index contributed by atoms with van der Waals surface area (Å²) in [7, 11) is 1.58. The minimum Gasteiger partial charge on any atom is -0.497 e. The van der Waals surface area contributed by atoms with Gasteiger partial charge in [0.05, 0.1) is 23.7 Å². The van der Waals surface area contributed by atoms with Crippen LogP contribution in [0.25, 0.3) is 0 Å². The molecule has 2 aromatic heterocycles. The van der Waals surface area contributed by atoms with Crippen molar-refractivity contribution in [3.05, 3.63) is 57.5 Å². The summed E-state index contributed by atoms with van der Waals surface area (Å²) in [5.41, 5.74) is 0.283. The highest BCUT2D eigenvalue weighted by Gasteiger charge is 2.38. The Morgan fingerprint density at radius 2 is 1.89 bits per heavy atom. The van der Waals surface area contributed by atoms with Crippen molar-refractivity contribution in [2.45, 2.75) is 32.5 Å². The molecule has 0 radical (unpaired) electrons. The van der Waals surface area contributed by atoms with Crippen molar-refractivity contribution in [3.63, 3.8) is 0 Å². The Morgan fingerprint density at radius 3 is 2.44 bits per heavy atom. The van der Waals surface area contributed by atoms with Gasteiger partial charge in [-0.15, -0.1) is 10.2 Å². The van der Waals surface area contributed by atoms with Crippen LogP contribution in [-0.2, 0) is 12.6 Å². The first kappa shape index (κ1) is 19.4. The molecule has 6 nitrogen and oxygen atoms in total. The summed E-state index contributed by atoms with van der Waals surface area (Å²) in [6.07, 6.45) is -4.15. The minimum absolute atomic E-state index is 0.0974. The fourth-order valence-corrected chi connectivity index (χ4v) is 3.07. The van der Waals surface area contributed by atoms with E-state index in [1.807, 2.05) is 24.3 Å². The summed E-state index contributed by atoms with van der Waals surface area (Å²) in [5, 5.41) is 11.6. The number of aromatic nitrogens is 4. The van der Waals surface area contributed by atoms with Crippen LogP contribution in [0.4, 0.5) is 13.2 Å². The van der Waals surface area contributed by atoms with Gasteiger partial charge in [0.25, 0.3) is 0 Å². The van der Waals surface area contributed by atoms with E-state index in [2.05, 4.69) is 31.2 Å². The second-order valence-electron chi connectivity index (χ2n) is 5.93. The molecule has 0 amide bonds. The fourth-order valence-electron chi connectivity index (χ4n) is 2.59. The van der Waals surface area contributed by atoms with Gasteiger partial charge in [-0.1, -0.05) is 12.1 Å². The van der Waals surface area contributed by atoms with Crippen molar-refractivity contribution in [3.8, 4) is 5.75 Å². The van der Waals surface area contributed by atoms with Gasteiger partial charge in [-0.2, -0.15) is 18.3 Å². The van der Waals surface area contributed by atoms with E-state index < -0.39 is 17.9 Å². The van der Waals surface area contributed by atoms with E-state index in [1.54, 1.807) is 14.0 Å². The number of halogens is 4. The number of rotatable bonds is 5. The first-order valence-electron chi connectivity index (χ1n) is 7.97. The van der Waals surface area contributed by atoms with Crippen LogP contribution < -0.4 is 4.74 Å². The zero-order chi connectivity index (χ0) is 19.8. The van der Waals surface area contributed by atoms with E-state index in [4.69, 9.17) is 9.15 Å². The number of hydrogen-bond donors (Lipinski definition) is 0. The van der Waals surface area contributed by atoms with Crippen LogP contribution in [0, 0.1) is 6.92 Å². The van der Waals surface area contributed by atoms with Crippen LogP contribution in [-0.4, -0.2) is 27.1 Å². The number of methoxy groups -OCH3 is 1. The molecular formula is C17H16BrF3N4O2. The third-order valence-electron chi connectivity index (χ3n) is 4.07. The van der Waals surface area contributed by atoms with E-state index >= 15 is 0 Å². The first-order chi connectivity index (χ1) is 12.7. The molecule has 0 aliphatic heterocycles. The number of ether oxygens (including phenoxy) is 1. The van der Waals surface area contributed by atoms with Crippen molar-refractivity contribution >= 4 is 15.9 Å². The topological polar surface area (TPSA) is 66.0 Å². The molecule has 10 heteroatoms. The lowest BCUT2D eigenvalue weighted by molar-refractivity contribution is -0.142. The van der Waals surface area contributed by atoms with Crippen LogP contribution >= 0.6 is 15.9 Å². The molecule has 144 valence electrons. The van der Waals surface area contributed by atoms with E-state index in [0.717, 1.165) is 11.3 Å². The highest BCUT2D eigenvalue weighted by molar-refractivity contribution is 9.10. The van der Waals surface area contributed by atoms with E-state index in [9.17, 15) is 13.2 Å². The van der Waals surface area contributed by atoms with Gasteiger partial charge in [0.15, 0.2) is 5.69 Å². The van der Waals surface area contributed by atoms with E-state index in [1.165, 1.54) is 11.6 Å². The summed E-state index contributed by atoms with van der Waals surface area (Å²) in [5.74, 6) is 1.28. The average Bonchev–Trinajstić information content (AvgIpc) is 3.20. The Labute approximate surface area is 161 Å². The van der Waals surface area contributed by atoms with Crippen molar-refractivity contribution in [1.29, 1.82) is 0 Å². The lowest BCUT2D eigenvalue weighted by Crippen LogP contribution is -2.13. The summed E-state index contributed by atoms with van der Waals surface area (Å²) in [4.78, 5) is 0. The Bertz CT molecular complexity index is 935. The molecule has 3 aromatic rings. The molecule has 0 N–H and O–H groups in total. The van der Waals surface area contributed by atoms with Gasteiger partial charge in [0, 0.05) is 0 Å². The van der Waals surface area contributed by atoms with Crippen LogP contribution in [0.15, 0.2) is 33.2 Å². The predicted octanol–water partition coefficient (Wildman–Crippen LogP) is 4.56. The molecule has 3 rings (SSSR count). The molecule has 0 aliphatic carbocycles. The Morgan fingerprint density at radius 1 is 1.22 bits per heavy atom. The summed E-state index contributed by atoms with van der Waals surface area (Å²) < 4.78 is 51.0. The van der Waals surface area contributed by atoms with Crippen LogP contribution in [0.3, 0.4) is 0 Å². The molecule has 0 bridgehead atoms. The average molecular weight is 445 g/mol. The Kier molecular flexibility index (Phi) is 5.27. The van der Waals surface area contributed by atoms with Crippen LogP contribution in [0.2, 0.25) is 0 Å². The zero-order valence-electron chi connectivity index (χ0n) is 14.7. The second-order valence-corrected chi connectivity index (χ2v) is 6.72. The SMILES string of the molecule is COc1ccc(Cc2nnc(C(C)n3nc(C(F)(F)F)c(Br)c3C)o2)cc1. The van der Waals surface area contributed by atoms with Crippen LogP contribution in [0.1, 0.15) is 41.7 Å². The Balaban J connectivity index is 1.81. The molecule has 1 atom stereocenters. The maximum absolute atomic E-state index is 13.0. The summed E-state index contributed by atoms with van der Waals surface area (Å²) in [6.45, 7) is 3.19. The second kappa shape index (κ2) is 7.34. The van der Waals surface area contributed by atoms with Crippen molar-refractivity contribution < 1.29 is 22.3 Å². The molecule has 0 saturated heterocycles. The van der Waals surface area contributed by atoms with Gasteiger partial charge in [-0.3, -0.25) is 4.68 Å². The maximum Gasteiger partial charge on any atom is 0.436 e. The van der Waals surface area contributed by atoms with Gasteiger partial charge < -0.3 is 9.15 Å². The molecule has 0 fully saturated rings. The van der Waals surface area contributed by atoms with Gasteiger partial charge in [0.2, 0.25) is 11.8 Å². The molecule has 1 unspecified atom stereocenters. The van der Waals surface area contributed by atoms with Crippen LogP contribution in [0.5, 0.6) is 5.75 Å². The lowest BCUT2D eigenvalue weighted by atomic mass is 10.1. The highest BCUT2D eigenvalue weighted by Crippen LogP contribution is 2.37. The minimum atomic E-state index is -4.55. The maximum atomic E-state index is 13.0. The van der Waals surface area contributed by atoms with Gasteiger partial charge in [0.1, 0.15) is 11.8 Å². The van der Waals surface area contributed by atoms with Gasteiger partial charge in [-0.05, 0) is 47.5 Å². The number of benzene rings is 1. The van der Waals surface area contributed by atoms with Gasteiger partial charge >= 0.3 is 6.18 Å². The highest BCUT2D eigenvalue weighted by atomic mass is 79.9. The predicted molar refractivity (Wildman–Crippen MR) is 93.6 cm³/mol. The molecule has 1 aromatic carbocycles. The first-order valence-corrected chi connectivity index (χ1v) is 8.77. The fraction of sp³-hybridized carbons (Fsp3) is 0.353. The molecule has 0 saturated carbocycles. The zero-order valence-corrected chi connectivity index (χ0v) is 16.3. The quantitative estimate of drug-likeness (QED) is 0.576. The third kappa shape index (κ3) is 4.00. The summed E-state index contributed by atoms with van der Waals surface area (Å²) in [6, 6.07) is 6.74. The molecule has 0 aliphatic rings.